The molecule has 0 spiro atoms. The Labute approximate surface area is 192 Å². The number of benzene rings is 3. The van der Waals surface area contributed by atoms with Crippen LogP contribution in [0.3, 0.4) is 0 Å². The molecule has 0 aromatic heterocycles. The van der Waals surface area contributed by atoms with Gasteiger partial charge in [-0.2, -0.15) is 0 Å². The Kier molecular flexibility index (Phi) is 5.35. The Balaban J connectivity index is 1.17. The van der Waals surface area contributed by atoms with E-state index in [9.17, 15) is 14.7 Å². The molecule has 3 aromatic carbocycles. The zero-order valence-corrected chi connectivity index (χ0v) is 18.0. The molecule has 3 aromatic rings. The highest BCUT2D eigenvalue weighted by Crippen LogP contribution is 2.48. The Bertz CT molecular complexity index is 1250. The molecule has 0 heterocycles. The number of ether oxygens (including phenoxy) is 1. The van der Waals surface area contributed by atoms with Gasteiger partial charge in [-0.3, -0.25) is 4.79 Å². The minimum absolute atomic E-state index is 0.0148. The van der Waals surface area contributed by atoms with E-state index in [0.717, 1.165) is 11.1 Å². The molecule has 2 N–H and O–H groups in total. The summed E-state index contributed by atoms with van der Waals surface area (Å²) in [7, 11) is 0. The van der Waals surface area contributed by atoms with Crippen LogP contribution in [0.25, 0.3) is 11.1 Å². The van der Waals surface area contributed by atoms with Crippen LogP contribution in [-0.2, 0) is 14.9 Å². The Morgan fingerprint density at radius 1 is 0.970 bits per heavy atom. The standard InChI is InChI=1S/C28H23NO4/c30-26(31)28(14-15-28)20-9-5-7-19(17-20)8-6-16-29-27(32)33-18-25-23-12-3-1-10-21(23)22-11-2-4-13-24(22)25/h1-5,7,9-13,17,25H,14-16,18H2,(H,29,32)(H,30,31). The average molecular weight is 437 g/mol. The molecule has 1 fully saturated rings. The molecule has 0 aliphatic heterocycles. The van der Waals surface area contributed by atoms with Crippen LogP contribution in [-0.4, -0.2) is 30.3 Å². The highest BCUT2D eigenvalue weighted by Gasteiger charge is 2.51. The van der Waals surface area contributed by atoms with Crippen LogP contribution in [0.5, 0.6) is 0 Å². The van der Waals surface area contributed by atoms with E-state index in [4.69, 9.17) is 4.74 Å². The molecule has 0 unspecified atom stereocenters. The van der Waals surface area contributed by atoms with Crippen molar-refractivity contribution in [1.29, 1.82) is 0 Å². The quantitative estimate of drug-likeness (QED) is 0.568. The van der Waals surface area contributed by atoms with E-state index in [-0.39, 0.29) is 19.1 Å². The summed E-state index contributed by atoms with van der Waals surface area (Å²) >= 11 is 0. The third kappa shape index (κ3) is 3.96. The van der Waals surface area contributed by atoms with Crippen molar-refractivity contribution in [2.45, 2.75) is 24.2 Å². The summed E-state index contributed by atoms with van der Waals surface area (Å²) in [4.78, 5) is 23.8. The Morgan fingerprint density at radius 3 is 2.27 bits per heavy atom. The molecule has 164 valence electrons. The molecule has 2 aliphatic rings. The number of amides is 1. The molecule has 1 saturated carbocycles. The first-order valence-electron chi connectivity index (χ1n) is 11.0. The molecule has 0 saturated heterocycles. The minimum atomic E-state index is -0.787. The van der Waals surface area contributed by atoms with Gasteiger partial charge in [-0.1, -0.05) is 72.5 Å². The second-order valence-electron chi connectivity index (χ2n) is 8.45. The molecule has 33 heavy (non-hydrogen) atoms. The number of hydrogen-bond acceptors (Lipinski definition) is 3. The third-order valence-corrected chi connectivity index (χ3v) is 6.47. The van der Waals surface area contributed by atoms with Crippen molar-refractivity contribution < 1.29 is 19.4 Å². The number of carbonyl (C=O) groups excluding carboxylic acids is 1. The van der Waals surface area contributed by atoms with Crippen LogP contribution >= 0.6 is 0 Å². The first kappa shape index (κ1) is 20.8. The summed E-state index contributed by atoms with van der Waals surface area (Å²) in [5.74, 6) is 5.13. The lowest BCUT2D eigenvalue weighted by Gasteiger charge is -2.14. The summed E-state index contributed by atoms with van der Waals surface area (Å²) in [6, 6.07) is 23.7. The first-order chi connectivity index (χ1) is 16.1. The molecular weight excluding hydrogens is 414 g/mol. The molecule has 0 radical (unpaired) electrons. The van der Waals surface area contributed by atoms with E-state index >= 15 is 0 Å². The maximum atomic E-state index is 12.2. The smallest absolute Gasteiger partial charge is 0.407 e. The first-order valence-corrected chi connectivity index (χ1v) is 11.0. The van der Waals surface area contributed by atoms with Gasteiger partial charge in [0.2, 0.25) is 0 Å². The van der Waals surface area contributed by atoms with Crippen molar-refractivity contribution in [1.82, 2.24) is 5.32 Å². The summed E-state index contributed by atoms with van der Waals surface area (Å²) in [6.07, 6.45) is 0.799. The molecule has 0 atom stereocenters. The van der Waals surface area contributed by atoms with E-state index < -0.39 is 17.5 Å². The van der Waals surface area contributed by atoms with Crippen molar-refractivity contribution in [3.05, 3.63) is 95.1 Å². The minimum Gasteiger partial charge on any atom is -0.481 e. The van der Waals surface area contributed by atoms with Gasteiger partial charge in [0, 0.05) is 11.5 Å². The Morgan fingerprint density at radius 2 is 1.64 bits per heavy atom. The van der Waals surface area contributed by atoms with Crippen molar-refractivity contribution in [2.75, 3.05) is 13.2 Å². The van der Waals surface area contributed by atoms with E-state index in [1.165, 1.54) is 22.3 Å². The van der Waals surface area contributed by atoms with E-state index in [2.05, 4.69) is 41.4 Å². The maximum Gasteiger partial charge on any atom is 0.407 e. The predicted octanol–water partition coefficient (Wildman–Crippen LogP) is 4.69. The molecule has 5 rings (SSSR count). The van der Waals surface area contributed by atoms with Gasteiger partial charge >= 0.3 is 12.1 Å². The molecule has 5 heteroatoms. The van der Waals surface area contributed by atoms with Gasteiger partial charge in [0.25, 0.3) is 0 Å². The number of aliphatic carboxylic acids is 1. The lowest BCUT2D eigenvalue weighted by Crippen LogP contribution is -2.26. The summed E-state index contributed by atoms with van der Waals surface area (Å²) in [6.45, 7) is 0.400. The number of alkyl carbamates (subject to hydrolysis) is 1. The monoisotopic (exact) mass is 437 g/mol. The van der Waals surface area contributed by atoms with Crippen molar-refractivity contribution >= 4 is 12.1 Å². The Hall–Kier alpha value is -4.04. The zero-order chi connectivity index (χ0) is 22.8. The fraction of sp³-hybridized carbons (Fsp3) is 0.214. The number of carbonyl (C=O) groups is 2. The van der Waals surface area contributed by atoms with Gasteiger partial charge in [-0.25, -0.2) is 4.79 Å². The third-order valence-electron chi connectivity index (χ3n) is 6.47. The molecule has 5 nitrogen and oxygen atoms in total. The second-order valence-corrected chi connectivity index (χ2v) is 8.45. The highest BCUT2D eigenvalue weighted by atomic mass is 16.5. The largest absolute Gasteiger partial charge is 0.481 e. The molecule has 2 aliphatic carbocycles. The van der Waals surface area contributed by atoms with Gasteiger partial charge < -0.3 is 15.2 Å². The molecular formula is C28H23NO4. The highest BCUT2D eigenvalue weighted by molar-refractivity contribution is 5.85. The normalized spacial score (nSPS) is 14.9. The maximum absolute atomic E-state index is 12.2. The van der Waals surface area contributed by atoms with Crippen LogP contribution in [0.4, 0.5) is 4.79 Å². The summed E-state index contributed by atoms with van der Waals surface area (Å²) in [5, 5.41) is 12.1. The van der Waals surface area contributed by atoms with Gasteiger partial charge in [0.15, 0.2) is 0 Å². The van der Waals surface area contributed by atoms with Gasteiger partial charge in [-0.05, 0) is 52.8 Å². The van der Waals surface area contributed by atoms with Crippen molar-refractivity contribution in [2.24, 2.45) is 0 Å². The van der Waals surface area contributed by atoms with Crippen molar-refractivity contribution in [3.8, 4) is 23.0 Å². The predicted molar refractivity (Wildman–Crippen MR) is 125 cm³/mol. The lowest BCUT2D eigenvalue weighted by molar-refractivity contribution is -0.140. The number of fused-ring (bicyclic) bond motifs is 3. The average Bonchev–Trinajstić information content (AvgIpc) is 3.60. The summed E-state index contributed by atoms with van der Waals surface area (Å²) < 4.78 is 5.51. The van der Waals surface area contributed by atoms with E-state index in [1.54, 1.807) is 0 Å². The number of carboxylic acids is 1. The summed E-state index contributed by atoms with van der Waals surface area (Å²) in [5.41, 5.74) is 5.47. The van der Waals surface area contributed by atoms with Crippen LogP contribution < -0.4 is 5.32 Å². The fourth-order valence-corrected chi connectivity index (χ4v) is 4.56. The van der Waals surface area contributed by atoms with Gasteiger partial charge in [-0.15, -0.1) is 0 Å². The van der Waals surface area contributed by atoms with Gasteiger partial charge in [0.05, 0.1) is 12.0 Å². The zero-order valence-electron chi connectivity index (χ0n) is 18.0. The lowest BCUT2D eigenvalue weighted by atomic mass is 9.95. The van der Waals surface area contributed by atoms with E-state index in [0.29, 0.717) is 12.8 Å². The SMILES string of the molecule is O=C(NCC#Cc1cccc(C2(C(=O)O)CC2)c1)OCC1c2ccccc2-c2ccccc21. The number of hydrogen-bond donors (Lipinski definition) is 2. The van der Waals surface area contributed by atoms with Crippen LogP contribution in [0.15, 0.2) is 72.8 Å². The number of carboxylic acid groups (broad SMARTS) is 1. The molecule has 0 bridgehead atoms. The van der Waals surface area contributed by atoms with Crippen LogP contribution in [0.1, 0.15) is 41.0 Å². The fourth-order valence-electron chi connectivity index (χ4n) is 4.56. The topological polar surface area (TPSA) is 75.6 Å². The molecule has 1 amide bonds. The van der Waals surface area contributed by atoms with Crippen LogP contribution in [0.2, 0.25) is 0 Å². The van der Waals surface area contributed by atoms with Crippen LogP contribution in [0, 0.1) is 11.8 Å². The van der Waals surface area contributed by atoms with E-state index in [1.807, 2.05) is 48.5 Å². The van der Waals surface area contributed by atoms with Gasteiger partial charge in [0.1, 0.15) is 6.61 Å². The van der Waals surface area contributed by atoms with Crippen molar-refractivity contribution in [3.63, 3.8) is 0 Å². The number of nitrogens with one attached hydrogen (secondary N) is 1. The number of rotatable bonds is 5. The second kappa shape index (κ2) is 8.48.